The Kier molecular flexibility index (Phi) is 5.44. The minimum absolute atomic E-state index is 0.0595. The van der Waals surface area contributed by atoms with Gasteiger partial charge in [-0.1, -0.05) is 55.5 Å². The number of hydrogen-bond donors (Lipinski definition) is 0. The molecule has 0 bridgehead atoms. The van der Waals surface area contributed by atoms with E-state index in [1.807, 2.05) is 0 Å². The maximum atomic E-state index is 13.8. The van der Waals surface area contributed by atoms with Gasteiger partial charge < -0.3 is 9.90 Å². The number of nitrogens with zero attached hydrogens (tertiary/aromatic N) is 1. The molecule has 0 spiro atoms. The lowest BCUT2D eigenvalue weighted by Crippen LogP contribution is -2.52. The highest BCUT2D eigenvalue weighted by Gasteiger charge is 2.39. The minimum atomic E-state index is -1.39. The highest BCUT2D eigenvalue weighted by molar-refractivity contribution is 8.26. The molecule has 23 heavy (non-hydrogen) atoms. The van der Waals surface area contributed by atoms with Crippen molar-refractivity contribution in [3.8, 4) is 0 Å². The number of thioether (sulfide) groups is 1. The molecule has 1 aromatic carbocycles. The second-order valence-corrected chi connectivity index (χ2v) is 7.28. The van der Waals surface area contributed by atoms with E-state index in [9.17, 15) is 19.1 Å². The van der Waals surface area contributed by atoms with E-state index < -0.39 is 23.7 Å². The van der Waals surface area contributed by atoms with Crippen LogP contribution in [0.25, 0.3) is 6.08 Å². The van der Waals surface area contributed by atoms with E-state index in [-0.39, 0.29) is 25.7 Å². The molecule has 1 aliphatic rings. The summed E-state index contributed by atoms with van der Waals surface area (Å²) >= 11 is 11.9. The summed E-state index contributed by atoms with van der Waals surface area (Å²) in [6, 6.07) is 2.99. The lowest BCUT2D eigenvalue weighted by molar-refractivity contribution is -0.311. The topological polar surface area (TPSA) is 60.4 Å². The Labute approximate surface area is 147 Å². The summed E-state index contributed by atoms with van der Waals surface area (Å²) in [4.78, 5) is 24.9. The van der Waals surface area contributed by atoms with Crippen LogP contribution in [-0.4, -0.2) is 27.1 Å². The summed E-state index contributed by atoms with van der Waals surface area (Å²) < 4.78 is 13.9. The van der Waals surface area contributed by atoms with Gasteiger partial charge in [0, 0.05) is 5.56 Å². The first kappa shape index (κ1) is 17.9. The van der Waals surface area contributed by atoms with Gasteiger partial charge in [-0.05, 0) is 24.1 Å². The Morgan fingerprint density at radius 2 is 2.13 bits per heavy atom. The Morgan fingerprint density at radius 1 is 1.48 bits per heavy atom. The van der Waals surface area contributed by atoms with Crippen LogP contribution < -0.4 is 5.11 Å². The van der Waals surface area contributed by atoms with Crippen molar-refractivity contribution in [1.82, 2.24) is 4.90 Å². The van der Waals surface area contributed by atoms with Crippen LogP contribution in [0.1, 0.15) is 19.4 Å². The van der Waals surface area contributed by atoms with Crippen LogP contribution in [-0.2, 0) is 9.59 Å². The van der Waals surface area contributed by atoms with E-state index in [0.29, 0.717) is 0 Å². The van der Waals surface area contributed by atoms with Crippen LogP contribution in [0.3, 0.4) is 0 Å². The third-order valence-electron chi connectivity index (χ3n) is 3.25. The van der Waals surface area contributed by atoms with E-state index >= 15 is 0 Å². The number of carboxylic acids is 1. The number of halogens is 2. The number of amides is 1. The molecule has 0 saturated carbocycles. The standard InChI is InChI=1S/C15H13ClFNO3S2/c1-7(2)12(14(20)21)18-13(19)11(23-15(18)22)6-8-9(16)4-3-5-10(8)17/h3-7,12H,1-2H3,(H,20,21)/p-1/b11-6-/t12-/m0/s1. The molecule has 1 aromatic rings. The summed E-state index contributed by atoms with van der Waals surface area (Å²) in [6.45, 7) is 3.30. The van der Waals surface area contributed by atoms with Crippen molar-refractivity contribution in [2.45, 2.75) is 19.9 Å². The van der Waals surface area contributed by atoms with Gasteiger partial charge >= 0.3 is 0 Å². The summed E-state index contributed by atoms with van der Waals surface area (Å²) in [5.74, 6) is -2.95. The maximum Gasteiger partial charge on any atom is 0.266 e. The molecule has 0 aromatic heterocycles. The zero-order chi connectivity index (χ0) is 17.3. The number of thiocarbonyl (C=S) groups is 1. The number of carbonyl (C=O) groups excluding carboxylic acids is 2. The molecular formula is C15H12ClFNO3S2-. The fraction of sp³-hybridized carbons (Fsp3) is 0.267. The monoisotopic (exact) mass is 372 g/mol. The minimum Gasteiger partial charge on any atom is -0.548 e. The van der Waals surface area contributed by atoms with Crippen molar-refractivity contribution >= 4 is 57.9 Å². The lowest BCUT2D eigenvalue weighted by atomic mass is 10.0. The van der Waals surface area contributed by atoms with Crippen molar-refractivity contribution in [2.75, 3.05) is 0 Å². The average molecular weight is 373 g/mol. The van der Waals surface area contributed by atoms with Crippen molar-refractivity contribution < 1.29 is 19.1 Å². The Morgan fingerprint density at radius 3 is 2.65 bits per heavy atom. The molecule has 122 valence electrons. The van der Waals surface area contributed by atoms with Gasteiger partial charge in [0.05, 0.1) is 21.9 Å². The average Bonchev–Trinajstić information content (AvgIpc) is 2.70. The van der Waals surface area contributed by atoms with Gasteiger partial charge in [0.1, 0.15) is 10.1 Å². The highest BCUT2D eigenvalue weighted by atomic mass is 35.5. The van der Waals surface area contributed by atoms with Crippen LogP contribution in [0.5, 0.6) is 0 Å². The van der Waals surface area contributed by atoms with Crippen LogP contribution in [0, 0.1) is 11.7 Å². The van der Waals surface area contributed by atoms with E-state index in [4.69, 9.17) is 23.8 Å². The summed E-state index contributed by atoms with van der Waals surface area (Å²) in [7, 11) is 0. The number of hydrogen-bond acceptors (Lipinski definition) is 5. The molecule has 8 heteroatoms. The van der Waals surface area contributed by atoms with E-state index in [0.717, 1.165) is 16.7 Å². The summed E-state index contributed by atoms with van der Waals surface area (Å²) in [5, 5.41) is 11.5. The number of carboxylic acid groups (broad SMARTS) is 1. The van der Waals surface area contributed by atoms with E-state index in [2.05, 4.69) is 0 Å². The molecule has 1 saturated heterocycles. The number of aliphatic carboxylic acids is 1. The van der Waals surface area contributed by atoms with Crippen LogP contribution in [0.15, 0.2) is 23.1 Å². The van der Waals surface area contributed by atoms with Crippen LogP contribution in [0.2, 0.25) is 5.02 Å². The largest absolute Gasteiger partial charge is 0.548 e. The second kappa shape index (κ2) is 6.98. The Bertz CT molecular complexity index is 700. The third-order valence-corrected chi connectivity index (χ3v) is 4.91. The summed E-state index contributed by atoms with van der Waals surface area (Å²) in [5.41, 5.74) is 0.0595. The van der Waals surface area contributed by atoms with Crippen molar-refractivity contribution in [3.05, 3.63) is 39.5 Å². The van der Waals surface area contributed by atoms with E-state index in [1.165, 1.54) is 24.3 Å². The lowest BCUT2D eigenvalue weighted by Gasteiger charge is -2.30. The fourth-order valence-electron chi connectivity index (χ4n) is 2.18. The molecule has 0 aliphatic carbocycles. The van der Waals surface area contributed by atoms with Gasteiger partial charge in [-0.2, -0.15) is 0 Å². The molecular weight excluding hydrogens is 361 g/mol. The Balaban J connectivity index is 2.42. The predicted octanol–water partition coefficient (Wildman–Crippen LogP) is 2.45. The zero-order valence-corrected chi connectivity index (χ0v) is 14.6. The number of benzene rings is 1. The molecule has 0 unspecified atom stereocenters. The first-order valence-electron chi connectivity index (χ1n) is 6.66. The molecule has 1 fully saturated rings. The van der Waals surface area contributed by atoms with Gasteiger partial charge in [-0.3, -0.25) is 9.69 Å². The van der Waals surface area contributed by atoms with Crippen molar-refractivity contribution in [1.29, 1.82) is 0 Å². The van der Waals surface area contributed by atoms with Crippen molar-refractivity contribution in [3.63, 3.8) is 0 Å². The van der Waals surface area contributed by atoms with Gasteiger partial charge in [-0.15, -0.1) is 0 Å². The normalized spacial score (nSPS) is 18.1. The quantitative estimate of drug-likeness (QED) is 0.600. The molecule has 0 N–H and O–H groups in total. The molecule has 1 heterocycles. The van der Waals surface area contributed by atoms with Gasteiger partial charge in [0.15, 0.2) is 0 Å². The molecule has 0 radical (unpaired) electrons. The van der Waals surface area contributed by atoms with Gasteiger partial charge in [0.25, 0.3) is 5.91 Å². The van der Waals surface area contributed by atoms with Crippen LogP contribution >= 0.6 is 35.6 Å². The van der Waals surface area contributed by atoms with E-state index in [1.54, 1.807) is 13.8 Å². The summed E-state index contributed by atoms with van der Waals surface area (Å²) in [6.07, 6.45) is 1.28. The third kappa shape index (κ3) is 3.57. The second-order valence-electron chi connectivity index (χ2n) is 5.19. The molecule has 1 amide bonds. The number of carbonyl (C=O) groups is 2. The van der Waals surface area contributed by atoms with Gasteiger partial charge in [-0.25, -0.2) is 4.39 Å². The highest BCUT2D eigenvalue weighted by Crippen LogP contribution is 2.36. The smallest absolute Gasteiger partial charge is 0.266 e. The fourth-order valence-corrected chi connectivity index (χ4v) is 3.70. The van der Waals surface area contributed by atoms with Crippen molar-refractivity contribution in [2.24, 2.45) is 5.92 Å². The molecule has 1 aliphatic heterocycles. The SMILES string of the molecule is CC(C)[C@@H](C(=O)[O-])N1C(=O)/C(=C/c2c(F)cccc2Cl)SC1=S. The molecule has 1 atom stereocenters. The van der Waals surface area contributed by atoms with Crippen LogP contribution in [0.4, 0.5) is 4.39 Å². The predicted molar refractivity (Wildman–Crippen MR) is 90.1 cm³/mol. The Hall–Kier alpha value is -1.44. The molecule has 2 rings (SSSR count). The number of rotatable bonds is 4. The maximum absolute atomic E-state index is 13.8. The van der Waals surface area contributed by atoms with Gasteiger partial charge in [0.2, 0.25) is 0 Å². The first-order chi connectivity index (χ1) is 10.7. The molecule has 4 nitrogen and oxygen atoms in total. The first-order valence-corrected chi connectivity index (χ1v) is 8.26. The zero-order valence-electron chi connectivity index (χ0n) is 12.2.